The molecule has 1 aliphatic heterocycles. The van der Waals surface area contributed by atoms with E-state index in [1.54, 1.807) is 14.2 Å². The molecule has 0 aromatic carbocycles. The van der Waals surface area contributed by atoms with Gasteiger partial charge in [-0.15, -0.1) is 0 Å². The molecule has 1 fully saturated rings. The van der Waals surface area contributed by atoms with E-state index >= 15 is 0 Å². The largest absolute Gasteiger partial charge is 0.461 e. The molecule has 2 heterocycles. The highest BCUT2D eigenvalue weighted by Gasteiger charge is 2.25. The van der Waals surface area contributed by atoms with Gasteiger partial charge in [-0.3, -0.25) is 0 Å². The van der Waals surface area contributed by atoms with Crippen molar-refractivity contribution < 1.29 is 9.47 Å². The maximum atomic E-state index is 5.58. The van der Waals surface area contributed by atoms with Crippen LogP contribution in [0.4, 0.5) is 11.9 Å². The van der Waals surface area contributed by atoms with E-state index in [1.807, 2.05) is 13.8 Å². The van der Waals surface area contributed by atoms with Gasteiger partial charge in [0.2, 0.25) is 11.9 Å². The topological polar surface area (TPSA) is 72.4 Å². The molecule has 7 nitrogen and oxygen atoms in total. The van der Waals surface area contributed by atoms with Crippen molar-refractivity contribution in [3.8, 4) is 6.01 Å². The molecule has 1 unspecified atom stereocenters. The molecule has 1 aromatic rings. The summed E-state index contributed by atoms with van der Waals surface area (Å²) >= 11 is 0. The summed E-state index contributed by atoms with van der Waals surface area (Å²) < 4.78 is 10.8. The number of anilines is 2. The monoisotopic (exact) mass is 281 g/mol. The van der Waals surface area contributed by atoms with E-state index in [0.29, 0.717) is 23.8 Å². The molecule has 0 radical (unpaired) electrons. The number of hydrogen-bond donors (Lipinski definition) is 1. The lowest BCUT2D eigenvalue weighted by Gasteiger charge is -2.18. The van der Waals surface area contributed by atoms with Crippen molar-refractivity contribution in [3.63, 3.8) is 0 Å². The maximum Gasteiger partial charge on any atom is 0.323 e. The smallest absolute Gasteiger partial charge is 0.323 e. The van der Waals surface area contributed by atoms with Gasteiger partial charge in [-0.25, -0.2) is 0 Å². The Morgan fingerprint density at radius 1 is 1.35 bits per heavy atom. The molecular weight excluding hydrogens is 258 g/mol. The Labute approximate surface area is 119 Å². The van der Waals surface area contributed by atoms with E-state index in [1.165, 1.54) is 0 Å². The van der Waals surface area contributed by atoms with Crippen molar-refractivity contribution in [1.82, 2.24) is 15.0 Å². The highest BCUT2D eigenvalue weighted by atomic mass is 16.5. The molecule has 1 aromatic heterocycles. The zero-order valence-corrected chi connectivity index (χ0v) is 12.6. The van der Waals surface area contributed by atoms with Crippen LogP contribution in [0.1, 0.15) is 20.3 Å². The van der Waals surface area contributed by atoms with E-state index in [2.05, 4.69) is 25.2 Å². The third kappa shape index (κ3) is 3.69. The van der Waals surface area contributed by atoms with Gasteiger partial charge in [0.15, 0.2) is 0 Å². The zero-order valence-electron chi connectivity index (χ0n) is 12.6. The van der Waals surface area contributed by atoms with Gasteiger partial charge in [0.25, 0.3) is 0 Å². The summed E-state index contributed by atoms with van der Waals surface area (Å²) in [6, 6.07) is 0.365. The van der Waals surface area contributed by atoms with Crippen LogP contribution in [0.5, 0.6) is 6.01 Å². The van der Waals surface area contributed by atoms with Gasteiger partial charge in [0, 0.05) is 33.2 Å². The lowest BCUT2D eigenvalue weighted by atomic mass is 10.1. The van der Waals surface area contributed by atoms with E-state index in [4.69, 9.17) is 9.47 Å². The maximum absolute atomic E-state index is 5.58. The van der Waals surface area contributed by atoms with E-state index in [9.17, 15) is 0 Å². The van der Waals surface area contributed by atoms with Crippen LogP contribution in [0.2, 0.25) is 0 Å². The number of rotatable bonds is 6. The van der Waals surface area contributed by atoms with Crippen LogP contribution in [0, 0.1) is 5.92 Å². The van der Waals surface area contributed by atoms with Crippen LogP contribution in [0.25, 0.3) is 0 Å². The van der Waals surface area contributed by atoms with Gasteiger partial charge >= 0.3 is 6.01 Å². The van der Waals surface area contributed by atoms with Gasteiger partial charge in [-0.2, -0.15) is 15.0 Å². The molecule has 0 aliphatic carbocycles. The fourth-order valence-corrected chi connectivity index (χ4v) is 2.25. The molecule has 20 heavy (non-hydrogen) atoms. The Balaban J connectivity index is 2.14. The number of hydrogen-bond acceptors (Lipinski definition) is 7. The van der Waals surface area contributed by atoms with Gasteiger partial charge < -0.3 is 19.7 Å². The summed E-state index contributed by atoms with van der Waals surface area (Å²) in [5.74, 6) is 1.73. The molecule has 0 saturated carbocycles. The Morgan fingerprint density at radius 3 is 2.80 bits per heavy atom. The third-order valence-electron chi connectivity index (χ3n) is 3.14. The van der Waals surface area contributed by atoms with Crippen LogP contribution in [-0.2, 0) is 4.74 Å². The van der Waals surface area contributed by atoms with Crippen LogP contribution in [-0.4, -0.2) is 54.9 Å². The average molecular weight is 281 g/mol. The minimum absolute atomic E-state index is 0.0368. The first kappa shape index (κ1) is 14.8. The Hall–Kier alpha value is -1.63. The van der Waals surface area contributed by atoms with Crippen LogP contribution < -0.4 is 15.0 Å². The molecule has 0 spiro atoms. The predicted molar refractivity (Wildman–Crippen MR) is 77.3 cm³/mol. The number of nitrogens with zero attached hydrogens (tertiary/aromatic N) is 4. The standard InChI is InChI=1S/C13H23N5O2/c1-9(2)20-13-16-11(14-3)15-12(17-13)18-6-5-10(7-18)8-19-4/h9-10H,5-8H2,1-4H3,(H,14,15,16,17). The lowest BCUT2D eigenvalue weighted by molar-refractivity contribution is 0.161. The van der Waals surface area contributed by atoms with Gasteiger partial charge in [0.05, 0.1) is 12.7 Å². The molecule has 1 saturated heterocycles. The molecule has 2 rings (SSSR count). The van der Waals surface area contributed by atoms with E-state index < -0.39 is 0 Å². The van der Waals surface area contributed by atoms with Crippen molar-refractivity contribution in [2.75, 3.05) is 44.1 Å². The van der Waals surface area contributed by atoms with Crippen LogP contribution in [0.15, 0.2) is 0 Å². The third-order valence-corrected chi connectivity index (χ3v) is 3.14. The number of aromatic nitrogens is 3. The van der Waals surface area contributed by atoms with Crippen molar-refractivity contribution >= 4 is 11.9 Å². The minimum Gasteiger partial charge on any atom is -0.461 e. The second kappa shape index (κ2) is 6.69. The SMILES string of the molecule is CNc1nc(OC(C)C)nc(N2CCC(COC)C2)n1. The van der Waals surface area contributed by atoms with E-state index in [-0.39, 0.29) is 6.10 Å². The first-order valence-corrected chi connectivity index (χ1v) is 6.96. The van der Waals surface area contributed by atoms with Crippen LogP contribution >= 0.6 is 0 Å². The predicted octanol–water partition coefficient (Wildman–Crippen LogP) is 1.17. The Kier molecular flexibility index (Phi) is 4.94. The van der Waals surface area contributed by atoms with Crippen LogP contribution in [0.3, 0.4) is 0 Å². The van der Waals surface area contributed by atoms with E-state index in [0.717, 1.165) is 26.1 Å². The fourth-order valence-electron chi connectivity index (χ4n) is 2.25. The summed E-state index contributed by atoms with van der Waals surface area (Å²) in [4.78, 5) is 15.2. The molecule has 112 valence electrons. The summed E-state index contributed by atoms with van der Waals surface area (Å²) in [6.45, 7) is 6.51. The number of methoxy groups -OCH3 is 1. The highest BCUT2D eigenvalue weighted by Crippen LogP contribution is 2.23. The highest BCUT2D eigenvalue weighted by molar-refractivity contribution is 5.39. The summed E-state index contributed by atoms with van der Waals surface area (Å²) in [5.41, 5.74) is 0. The Morgan fingerprint density at radius 2 is 2.15 bits per heavy atom. The normalized spacial score (nSPS) is 18.6. The second-order valence-corrected chi connectivity index (χ2v) is 5.21. The molecule has 1 aliphatic rings. The zero-order chi connectivity index (χ0) is 14.5. The van der Waals surface area contributed by atoms with Gasteiger partial charge in [0.1, 0.15) is 0 Å². The quantitative estimate of drug-likeness (QED) is 0.839. The number of nitrogens with one attached hydrogen (secondary N) is 1. The van der Waals surface area contributed by atoms with Gasteiger partial charge in [-0.1, -0.05) is 0 Å². The van der Waals surface area contributed by atoms with Gasteiger partial charge in [-0.05, 0) is 20.3 Å². The summed E-state index contributed by atoms with van der Waals surface area (Å²) in [5, 5.41) is 2.95. The molecule has 0 bridgehead atoms. The first-order chi connectivity index (χ1) is 9.62. The molecule has 1 N–H and O–H groups in total. The second-order valence-electron chi connectivity index (χ2n) is 5.21. The summed E-state index contributed by atoms with van der Waals surface area (Å²) in [7, 11) is 3.52. The molecule has 0 amide bonds. The van der Waals surface area contributed by atoms with Crippen molar-refractivity contribution in [2.24, 2.45) is 5.92 Å². The molecular formula is C13H23N5O2. The summed E-state index contributed by atoms with van der Waals surface area (Å²) in [6.07, 6.45) is 1.13. The Bertz CT molecular complexity index is 441. The first-order valence-electron chi connectivity index (χ1n) is 6.96. The lowest BCUT2D eigenvalue weighted by Crippen LogP contribution is -2.24. The van der Waals surface area contributed by atoms with Crippen molar-refractivity contribution in [3.05, 3.63) is 0 Å². The fraction of sp³-hybridized carbons (Fsp3) is 0.769. The molecule has 1 atom stereocenters. The molecule has 7 heteroatoms. The minimum atomic E-state index is 0.0368. The van der Waals surface area contributed by atoms with Crippen molar-refractivity contribution in [2.45, 2.75) is 26.4 Å². The van der Waals surface area contributed by atoms with Crippen molar-refractivity contribution in [1.29, 1.82) is 0 Å². The average Bonchev–Trinajstić information content (AvgIpc) is 2.86. The number of ether oxygens (including phenoxy) is 2.